The first-order valence-corrected chi connectivity index (χ1v) is 6.85. The monoisotopic (exact) mass is 264 g/mol. The van der Waals surface area contributed by atoms with Crippen LogP contribution >= 0.6 is 0 Å². The Bertz CT molecular complexity index is 364. The fraction of sp³-hybridized carbons (Fsp3) is 0.533. The van der Waals surface area contributed by atoms with Crippen molar-refractivity contribution in [3.8, 4) is 5.75 Å². The summed E-state index contributed by atoms with van der Waals surface area (Å²) in [5.41, 5.74) is 0. The van der Waals surface area contributed by atoms with Crippen LogP contribution < -0.4 is 10.1 Å². The maximum Gasteiger partial charge on any atom is 0.234 e. The minimum atomic E-state index is 0.00303. The third kappa shape index (κ3) is 6.25. The SMILES string of the molecule is CCN(CC)CC(=O)NC(C)COc1ccccc1. The molecule has 1 atom stereocenters. The molecular formula is C15H24N2O2. The Morgan fingerprint density at radius 2 is 1.89 bits per heavy atom. The summed E-state index contributed by atoms with van der Waals surface area (Å²) in [7, 11) is 0. The number of amides is 1. The Morgan fingerprint density at radius 1 is 1.26 bits per heavy atom. The van der Waals surface area contributed by atoms with Gasteiger partial charge in [-0.05, 0) is 32.1 Å². The highest BCUT2D eigenvalue weighted by molar-refractivity contribution is 5.78. The first-order chi connectivity index (χ1) is 9.15. The molecule has 1 unspecified atom stereocenters. The second-order valence-corrected chi connectivity index (χ2v) is 4.55. The van der Waals surface area contributed by atoms with Gasteiger partial charge in [-0.25, -0.2) is 0 Å². The second kappa shape index (κ2) is 8.53. The van der Waals surface area contributed by atoms with Crippen molar-refractivity contribution in [2.45, 2.75) is 26.8 Å². The fourth-order valence-electron chi connectivity index (χ4n) is 1.75. The minimum Gasteiger partial charge on any atom is -0.491 e. The third-order valence-electron chi connectivity index (χ3n) is 2.91. The van der Waals surface area contributed by atoms with Crippen LogP contribution in [0.2, 0.25) is 0 Å². The van der Waals surface area contributed by atoms with Gasteiger partial charge in [-0.2, -0.15) is 0 Å². The lowest BCUT2D eigenvalue weighted by atomic mass is 10.3. The molecule has 0 spiro atoms. The molecule has 0 aliphatic rings. The van der Waals surface area contributed by atoms with E-state index in [1.54, 1.807) is 0 Å². The smallest absolute Gasteiger partial charge is 0.234 e. The van der Waals surface area contributed by atoms with Gasteiger partial charge in [-0.3, -0.25) is 9.69 Å². The van der Waals surface area contributed by atoms with Gasteiger partial charge in [-0.1, -0.05) is 32.0 Å². The van der Waals surface area contributed by atoms with Crippen molar-refractivity contribution in [2.24, 2.45) is 0 Å². The number of para-hydroxylation sites is 1. The number of ether oxygens (including phenoxy) is 1. The van der Waals surface area contributed by atoms with Crippen molar-refractivity contribution >= 4 is 5.91 Å². The van der Waals surface area contributed by atoms with E-state index in [4.69, 9.17) is 4.74 Å². The van der Waals surface area contributed by atoms with Crippen molar-refractivity contribution in [1.82, 2.24) is 10.2 Å². The van der Waals surface area contributed by atoms with Gasteiger partial charge in [0.15, 0.2) is 0 Å². The zero-order chi connectivity index (χ0) is 14.1. The number of hydrogen-bond donors (Lipinski definition) is 1. The van der Waals surface area contributed by atoms with Crippen LogP contribution in [0.4, 0.5) is 0 Å². The van der Waals surface area contributed by atoms with E-state index in [0.29, 0.717) is 13.2 Å². The van der Waals surface area contributed by atoms with E-state index < -0.39 is 0 Å². The molecule has 4 heteroatoms. The van der Waals surface area contributed by atoms with Crippen molar-refractivity contribution in [3.05, 3.63) is 30.3 Å². The van der Waals surface area contributed by atoms with Gasteiger partial charge in [0.25, 0.3) is 0 Å². The minimum absolute atomic E-state index is 0.00303. The molecule has 0 saturated heterocycles. The topological polar surface area (TPSA) is 41.6 Å². The normalized spacial score (nSPS) is 12.2. The van der Waals surface area contributed by atoms with E-state index in [1.807, 2.05) is 37.3 Å². The summed E-state index contributed by atoms with van der Waals surface area (Å²) < 4.78 is 5.60. The molecular weight excluding hydrogens is 240 g/mol. The fourth-order valence-corrected chi connectivity index (χ4v) is 1.75. The first-order valence-electron chi connectivity index (χ1n) is 6.85. The molecule has 1 aromatic rings. The second-order valence-electron chi connectivity index (χ2n) is 4.55. The summed E-state index contributed by atoms with van der Waals surface area (Å²) in [5, 5.41) is 2.94. The quantitative estimate of drug-likeness (QED) is 0.780. The molecule has 0 aromatic heterocycles. The number of nitrogens with zero attached hydrogens (tertiary/aromatic N) is 1. The van der Waals surface area contributed by atoms with E-state index in [9.17, 15) is 4.79 Å². The van der Waals surface area contributed by atoms with Crippen LogP contribution in [0.3, 0.4) is 0 Å². The number of benzene rings is 1. The maximum absolute atomic E-state index is 11.8. The maximum atomic E-state index is 11.8. The van der Waals surface area contributed by atoms with Crippen LogP contribution in [0, 0.1) is 0 Å². The van der Waals surface area contributed by atoms with Gasteiger partial charge in [0.1, 0.15) is 12.4 Å². The highest BCUT2D eigenvalue weighted by Gasteiger charge is 2.10. The largest absolute Gasteiger partial charge is 0.491 e. The van der Waals surface area contributed by atoms with Gasteiger partial charge in [0, 0.05) is 0 Å². The molecule has 0 aliphatic heterocycles. The summed E-state index contributed by atoms with van der Waals surface area (Å²) in [5.74, 6) is 0.875. The first kappa shape index (κ1) is 15.5. The summed E-state index contributed by atoms with van der Waals surface area (Å²) >= 11 is 0. The van der Waals surface area contributed by atoms with Crippen molar-refractivity contribution in [2.75, 3.05) is 26.2 Å². The Labute approximate surface area is 115 Å². The molecule has 0 saturated carbocycles. The van der Waals surface area contributed by atoms with E-state index >= 15 is 0 Å². The van der Waals surface area contributed by atoms with Crippen molar-refractivity contribution in [3.63, 3.8) is 0 Å². The third-order valence-corrected chi connectivity index (χ3v) is 2.91. The van der Waals surface area contributed by atoms with Gasteiger partial charge in [0.05, 0.1) is 12.6 Å². The molecule has 0 bridgehead atoms. The number of nitrogens with one attached hydrogen (secondary N) is 1. The predicted octanol–water partition coefficient (Wildman–Crippen LogP) is 1.91. The summed E-state index contributed by atoms with van der Waals surface area (Å²) in [6.45, 7) is 8.76. The lowest BCUT2D eigenvalue weighted by Crippen LogP contribution is -2.43. The molecule has 106 valence electrons. The standard InChI is InChI=1S/C15H24N2O2/c1-4-17(5-2)11-15(18)16-13(3)12-19-14-9-7-6-8-10-14/h6-10,13H,4-5,11-12H2,1-3H3,(H,16,18). The molecule has 19 heavy (non-hydrogen) atoms. The molecule has 4 nitrogen and oxygen atoms in total. The molecule has 1 N–H and O–H groups in total. The summed E-state index contributed by atoms with van der Waals surface area (Å²) in [6.07, 6.45) is 0. The molecule has 0 aliphatic carbocycles. The van der Waals surface area contributed by atoms with Gasteiger partial charge < -0.3 is 10.1 Å². The van der Waals surface area contributed by atoms with E-state index in [0.717, 1.165) is 18.8 Å². The number of likely N-dealkylation sites (N-methyl/N-ethyl adjacent to an activating group) is 1. The Morgan fingerprint density at radius 3 is 2.47 bits per heavy atom. The number of rotatable bonds is 8. The Balaban J connectivity index is 2.27. The molecule has 0 heterocycles. The van der Waals surface area contributed by atoms with Crippen LogP contribution in [0.1, 0.15) is 20.8 Å². The number of carbonyl (C=O) groups excluding carboxylic acids is 1. The molecule has 1 aromatic carbocycles. The zero-order valence-corrected chi connectivity index (χ0v) is 12.1. The van der Waals surface area contributed by atoms with Gasteiger partial charge in [0.2, 0.25) is 5.91 Å². The molecule has 1 rings (SSSR count). The highest BCUT2D eigenvalue weighted by atomic mass is 16.5. The van der Waals surface area contributed by atoms with Crippen LogP contribution in [0.25, 0.3) is 0 Å². The van der Waals surface area contributed by atoms with E-state index in [2.05, 4.69) is 24.1 Å². The average Bonchev–Trinajstić information content (AvgIpc) is 2.43. The van der Waals surface area contributed by atoms with Crippen LogP contribution in [0.5, 0.6) is 5.75 Å². The summed E-state index contributed by atoms with van der Waals surface area (Å²) in [6, 6.07) is 9.62. The zero-order valence-electron chi connectivity index (χ0n) is 12.1. The van der Waals surface area contributed by atoms with Gasteiger partial charge in [-0.15, -0.1) is 0 Å². The Kier molecular flexibility index (Phi) is 6.97. The lowest BCUT2D eigenvalue weighted by molar-refractivity contribution is -0.123. The number of hydrogen-bond acceptors (Lipinski definition) is 3. The molecule has 0 radical (unpaired) electrons. The predicted molar refractivity (Wildman–Crippen MR) is 77.3 cm³/mol. The van der Waals surface area contributed by atoms with E-state index in [1.165, 1.54) is 0 Å². The average molecular weight is 264 g/mol. The van der Waals surface area contributed by atoms with Crippen LogP contribution in [-0.2, 0) is 4.79 Å². The van der Waals surface area contributed by atoms with Crippen LogP contribution in [-0.4, -0.2) is 43.1 Å². The highest BCUT2D eigenvalue weighted by Crippen LogP contribution is 2.08. The summed E-state index contributed by atoms with van der Waals surface area (Å²) in [4.78, 5) is 13.9. The van der Waals surface area contributed by atoms with E-state index in [-0.39, 0.29) is 11.9 Å². The van der Waals surface area contributed by atoms with Crippen LogP contribution in [0.15, 0.2) is 30.3 Å². The lowest BCUT2D eigenvalue weighted by Gasteiger charge is -2.20. The van der Waals surface area contributed by atoms with Crippen molar-refractivity contribution < 1.29 is 9.53 Å². The molecule has 1 amide bonds. The van der Waals surface area contributed by atoms with Gasteiger partial charge >= 0.3 is 0 Å². The van der Waals surface area contributed by atoms with Crippen molar-refractivity contribution in [1.29, 1.82) is 0 Å². The Hall–Kier alpha value is -1.55. The number of carbonyl (C=O) groups is 1. The molecule has 0 fully saturated rings.